The van der Waals surface area contributed by atoms with E-state index in [4.69, 9.17) is 4.74 Å². The van der Waals surface area contributed by atoms with Gasteiger partial charge >= 0.3 is 0 Å². The van der Waals surface area contributed by atoms with Gasteiger partial charge in [0.1, 0.15) is 11.6 Å². The Morgan fingerprint density at radius 3 is 2.85 bits per heavy atom. The molecule has 0 saturated carbocycles. The summed E-state index contributed by atoms with van der Waals surface area (Å²) in [5.41, 5.74) is 1.51. The van der Waals surface area contributed by atoms with Crippen molar-refractivity contribution in [2.24, 2.45) is 0 Å². The lowest BCUT2D eigenvalue weighted by Crippen LogP contribution is -2.36. The van der Waals surface area contributed by atoms with Crippen LogP contribution in [0, 0.1) is 5.82 Å². The van der Waals surface area contributed by atoms with Crippen LogP contribution in [0.1, 0.15) is 36.1 Å². The zero-order valence-electron chi connectivity index (χ0n) is 14.7. The average Bonchev–Trinajstić information content (AvgIpc) is 3.13. The van der Waals surface area contributed by atoms with Crippen LogP contribution in [-0.2, 0) is 4.79 Å². The van der Waals surface area contributed by atoms with Gasteiger partial charge in [0, 0.05) is 18.0 Å². The molecule has 0 aliphatic carbocycles. The van der Waals surface area contributed by atoms with E-state index in [-0.39, 0.29) is 17.8 Å². The summed E-state index contributed by atoms with van der Waals surface area (Å²) in [7, 11) is 0. The normalized spacial score (nSPS) is 17.3. The molecule has 6 heteroatoms. The minimum Gasteiger partial charge on any atom is -0.493 e. The van der Waals surface area contributed by atoms with Crippen LogP contribution in [0.2, 0.25) is 0 Å². The molecule has 0 bridgehead atoms. The zero-order valence-corrected chi connectivity index (χ0v) is 14.7. The summed E-state index contributed by atoms with van der Waals surface area (Å²) in [6.45, 7) is 0.548. The molecular formula is C21H20FN3O2. The number of halogens is 1. The maximum atomic E-state index is 13.8. The largest absolute Gasteiger partial charge is 0.493 e. The van der Waals surface area contributed by atoms with Crippen LogP contribution in [-0.4, -0.2) is 22.3 Å². The molecule has 0 unspecified atom stereocenters. The van der Waals surface area contributed by atoms with Gasteiger partial charge in [0.15, 0.2) is 6.04 Å². The number of aromatic nitrogens is 2. The van der Waals surface area contributed by atoms with E-state index in [0.29, 0.717) is 24.3 Å². The highest BCUT2D eigenvalue weighted by Crippen LogP contribution is 2.32. The minimum atomic E-state index is -0.595. The van der Waals surface area contributed by atoms with Gasteiger partial charge in [-0.15, -0.1) is 0 Å². The Balaban J connectivity index is 1.65. The Bertz CT molecular complexity index is 912. The van der Waals surface area contributed by atoms with Gasteiger partial charge in [0.2, 0.25) is 5.91 Å². The SMILES string of the molecule is O=C(N[C@@H]1CCCOc2ccc(F)cc21)[C@@H](c1ccccc1)n1cccn1. The molecule has 2 atom stereocenters. The van der Waals surface area contributed by atoms with E-state index in [1.165, 1.54) is 12.1 Å². The van der Waals surface area contributed by atoms with Crippen LogP contribution >= 0.6 is 0 Å². The van der Waals surface area contributed by atoms with Crippen LogP contribution in [0.3, 0.4) is 0 Å². The number of nitrogens with one attached hydrogen (secondary N) is 1. The monoisotopic (exact) mass is 365 g/mol. The smallest absolute Gasteiger partial charge is 0.249 e. The first-order valence-corrected chi connectivity index (χ1v) is 8.99. The van der Waals surface area contributed by atoms with Crippen molar-refractivity contribution in [3.8, 4) is 5.75 Å². The maximum absolute atomic E-state index is 13.8. The number of ether oxygens (including phenoxy) is 1. The molecule has 0 fully saturated rings. The van der Waals surface area contributed by atoms with Crippen molar-refractivity contribution >= 4 is 5.91 Å². The van der Waals surface area contributed by atoms with E-state index in [1.807, 2.05) is 30.3 Å². The summed E-state index contributed by atoms with van der Waals surface area (Å²) >= 11 is 0. The summed E-state index contributed by atoms with van der Waals surface area (Å²) in [4.78, 5) is 13.2. The van der Waals surface area contributed by atoms with Crippen molar-refractivity contribution in [2.45, 2.75) is 24.9 Å². The van der Waals surface area contributed by atoms with Crippen molar-refractivity contribution in [2.75, 3.05) is 6.61 Å². The predicted octanol–water partition coefficient (Wildman–Crippen LogP) is 3.64. The van der Waals surface area contributed by atoms with E-state index < -0.39 is 6.04 Å². The van der Waals surface area contributed by atoms with Crippen LogP contribution < -0.4 is 10.1 Å². The van der Waals surface area contributed by atoms with Gasteiger partial charge in [-0.05, 0) is 42.7 Å². The number of rotatable bonds is 4. The number of fused-ring (bicyclic) bond motifs is 1. The lowest BCUT2D eigenvalue weighted by molar-refractivity contribution is -0.124. The van der Waals surface area contributed by atoms with Gasteiger partial charge in [-0.1, -0.05) is 30.3 Å². The van der Waals surface area contributed by atoms with E-state index in [2.05, 4.69) is 10.4 Å². The number of carbonyl (C=O) groups is 1. The number of carbonyl (C=O) groups excluding carboxylic acids is 1. The molecule has 138 valence electrons. The number of hydrogen-bond acceptors (Lipinski definition) is 3. The third-order valence-electron chi connectivity index (χ3n) is 4.71. The first-order chi connectivity index (χ1) is 13.2. The van der Waals surface area contributed by atoms with Gasteiger partial charge < -0.3 is 10.1 Å². The molecule has 1 amide bonds. The summed E-state index contributed by atoms with van der Waals surface area (Å²) in [5.74, 6) is 0.0896. The number of nitrogens with zero attached hydrogens (tertiary/aromatic N) is 2. The Morgan fingerprint density at radius 2 is 2.07 bits per heavy atom. The lowest BCUT2D eigenvalue weighted by atomic mass is 10.00. The maximum Gasteiger partial charge on any atom is 0.249 e. The molecule has 1 aliphatic rings. The molecule has 1 aliphatic heterocycles. The van der Waals surface area contributed by atoms with E-state index in [1.54, 1.807) is 29.2 Å². The van der Waals surface area contributed by atoms with Crippen molar-refractivity contribution in [3.63, 3.8) is 0 Å². The standard InChI is InChI=1S/C21H20FN3O2/c22-16-9-10-19-17(14-16)18(8-4-13-27-19)24-21(26)20(25-12-5-11-23-25)15-6-2-1-3-7-15/h1-3,5-7,9-12,14,18,20H,4,8,13H2,(H,24,26)/t18-,20-/m1/s1. The highest BCUT2D eigenvalue weighted by molar-refractivity contribution is 5.84. The average molecular weight is 365 g/mol. The Hall–Kier alpha value is -3.15. The molecule has 0 saturated heterocycles. The van der Waals surface area contributed by atoms with Gasteiger partial charge in [0.25, 0.3) is 0 Å². The molecule has 4 rings (SSSR count). The first kappa shape index (κ1) is 17.3. The third kappa shape index (κ3) is 3.69. The number of amides is 1. The molecule has 0 spiro atoms. The molecular weight excluding hydrogens is 345 g/mol. The molecule has 5 nitrogen and oxygen atoms in total. The highest BCUT2D eigenvalue weighted by Gasteiger charge is 2.28. The summed E-state index contributed by atoms with van der Waals surface area (Å²) in [5, 5.41) is 7.34. The summed E-state index contributed by atoms with van der Waals surface area (Å²) in [6.07, 6.45) is 4.87. The van der Waals surface area contributed by atoms with Crippen LogP contribution in [0.5, 0.6) is 5.75 Å². The Kier molecular flexibility index (Phi) is 4.87. The molecule has 2 heterocycles. The molecule has 1 N–H and O–H groups in total. The first-order valence-electron chi connectivity index (χ1n) is 8.99. The zero-order chi connectivity index (χ0) is 18.6. The fraction of sp³-hybridized carbons (Fsp3) is 0.238. The van der Waals surface area contributed by atoms with Gasteiger partial charge in [-0.3, -0.25) is 9.48 Å². The Morgan fingerprint density at radius 1 is 1.22 bits per heavy atom. The minimum absolute atomic E-state index is 0.188. The van der Waals surface area contributed by atoms with Gasteiger partial charge in [-0.2, -0.15) is 5.10 Å². The Labute approximate surface area is 156 Å². The van der Waals surface area contributed by atoms with Gasteiger partial charge in [0.05, 0.1) is 12.6 Å². The highest BCUT2D eigenvalue weighted by atomic mass is 19.1. The van der Waals surface area contributed by atoms with Crippen molar-refractivity contribution in [3.05, 3.63) is 83.9 Å². The third-order valence-corrected chi connectivity index (χ3v) is 4.71. The summed E-state index contributed by atoms with van der Waals surface area (Å²) in [6, 6.07) is 14.8. The second-order valence-electron chi connectivity index (χ2n) is 6.53. The molecule has 0 radical (unpaired) electrons. The molecule has 1 aromatic heterocycles. The molecule has 2 aromatic carbocycles. The van der Waals surface area contributed by atoms with Gasteiger partial charge in [-0.25, -0.2) is 4.39 Å². The van der Waals surface area contributed by atoms with Crippen LogP contribution in [0.25, 0.3) is 0 Å². The topological polar surface area (TPSA) is 56.1 Å². The van der Waals surface area contributed by atoms with E-state index in [9.17, 15) is 9.18 Å². The van der Waals surface area contributed by atoms with Crippen molar-refractivity contribution in [1.82, 2.24) is 15.1 Å². The van der Waals surface area contributed by atoms with Crippen molar-refractivity contribution < 1.29 is 13.9 Å². The lowest BCUT2D eigenvalue weighted by Gasteiger charge is -2.23. The van der Waals surface area contributed by atoms with Crippen LogP contribution in [0.15, 0.2) is 67.0 Å². The molecule has 27 heavy (non-hydrogen) atoms. The number of hydrogen-bond donors (Lipinski definition) is 1. The van der Waals surface area contributed by atoms with E-state index >= 15 is 0 Å². The van der Waals surface area contributed by atoms with E-state index in [0.717, 1.165) is 12.0 Å². The van der Waals surface area contributed by atoms with Crippen molar-refractivity contribution in [1.29, 1.82) is 0 Å². The fourth-order valence-electron chi connectivity index (χ4n) is 3.44. The summed E-state index contributed by atoms with van der Waals surface area (Å²) < 4.78 is 21.1. The second kappa shape index (κ2) is 7.61. The predicted molar refractivity (Wildman–Crippen MR) is 98.8 cm³/mol. The fourth-order valence-corrected chi connectivity index (χ4v) is 3.44. The number of benzene rings is 2. The second-order valence-corrected chi connectivity index (χ2v) is 6.53. The quantitative estimate of drug-likeness (QED) is 0.768. The molecule has 3 aromatic rings. The van der Waals surface area contributed by atoms with Crippen LogP contribution in [0.4, 0.5) is 4.39 Å².